The van der Waals surface area contributed by atoms with Crippen molar-refractivity contribution in [3.63, 3.8) is 0 Å². The van der Waals surface area contributed by atoms with Gasteiger partial charge in [-0.1, -0.05) is 147 Å². The van der Waals surface area contributed by atoms with Crippen molar-refractivity contribution in [3.8, 4) is 56.3 Å². The van der Waals surface area contributed by atoms with Gasteiger partial charge in [-0.3, -0.25) is 14.5 Å². The first kappa shape index (κ1) is 42.8. The van der Waals surface area contributed by atoms with Crippen LogP contribution in [-0.4, -0.2) is 24.6 Å². The van der Waals surface area contributed by atoms with E-state index in [2.05, 4.69) is 183 Å². The molecule has 62 heavy (non-hydrogen) atoms. The number of phenolic OH excluding ortho intramolecular Hbond substituents is 1. The molecule has 0 amide bonds. The molecule has 0 aliphatic carbocycles. The molecule has 0 fully saturated rings. The SMILES string of the molecule is Cc1cc(-c2cc(C(C)(C)C)cc3cccnc23)[c-]c(-c2cc(-c3nccc4ccccc34)cc3c2nc(-c2cc(C(C)(C)C)ccc2O)n3-c2ccc(C(C)(C)C)cc2)c1.[Pt]. The average Bonchev–Trinajstić information content (AvgIpc) is 3.61. The Balaban J connectivity index is 0.00000529. The number of rotatable bonds is 5. The smallest absolute Gasteiger partial charge is 0.148 e. The van der Waals surface area contributed by atoms with Gasteiger partial charge < -0.3 is 5.11 Å². The van der Waals surface area contributed by atoms with Crippen LogP contribution in [0.2, 0.25) is 0 Å². The van der Waals surface area contributed by atoms with Crippen LogP contribution in [0, 0.1) is 13.0 Å². The maximum atomic E-state index is 11.7. The van der Waals surface area contributed by atoms with Crippen LogP contribution >= 0.6 is 0 Å². The molecule has 0 saturated carbocycles. The zero-order valence-electron chi connectivity index (χ0n) is 37.3. The van der Waals surface area contributed by atoms with Crippen molar-refractivity contribution >= 4 is 32.7 Å². The molecule has 0 aliphatic heterocycles. The minimum atomic E-state index is -0.151. The van der Waals surface area contributed by atoms with E-state index in [4.69, 9.17) is 15.0 Å². The fraction of sp³-hybridized carbons (Fsp3) is 0.232. The van der Waals surface area contributed by atoms with Crippen LogP contribution in [0.1, 0.15) is 84.6 Å². The van der Waals surface area contributed by atoms with Crippen LogP contribution in [0.15, 0.2) is 134 Å². The van der Waals surface area contributed by atoms with Gasteiger partial charge in [-0.25, -0.2) is 4.98 Å². The number of hydrogen-bond acceptors (Lipinski definition) is 4. The Morgan fingerprint density at radius 3 is 1.87 bits per heavy atom. The Morgan fingerprint density at radius 2 is 1.18 bits per heavy atom. The molecule has 0 radical (unpaired) electrons. The van der Waals surface area contributed by atoms with Gasteiger partial charge in [0, 0.05) is 50.0 Å². The number of aryl methyl sites for hydroxylation is 1. The van der Waals surface area contributed by atoms with E-state index in [1.54, 1.807) is 6.07 Å². The molecule has 5 nitrogen and oxygen atoms in total. The van der Waals surface area contributed by atoms with Gasteiger partial charge in [0.1, 0.15) is 11.6 Å². The van der Waals surface area contributed by atoms with E-state index in [1.807, 2.05) is 24.5 Å². The largest absolute Gasteiger partial charge is 0.507 e. The number of aromatic nitrogens is 4. The fourth-order valence-electron chi connectivity index (χ4n) is 8.44. The van der Waals surface area contributed by atoms with Crippen molar-refractivity contribution in [1.29, 1.82) is 0 Å². The monoisotopic (exact) mass is 992 g/mol. The molecule has 0 unspecified atom stereocenters. The Bertz CT molecular complexity index is 3150. The molecule has 0 saturated heterocycles. The Hall–Kier alpha value is -5.90. The second-order valence-corrected chi connectivity index (χ2v) is 19.7. The van der Waals surface area contributed by atoms with E-state index in [9.17, 15) is 5.11 Å². The number of aromatic hydroxyl groups is 1. The topological polar surface area (TPSA) is 63.8 Å². The number of phenols is 1. The summed E-state index contributed by atoms with van der Waals surface area (Å²) >= 11 is 0. The summed E-state index contributed by atoms with van der Waals surface area (Å²) < 4.78 is 2.21. The number of benzene rings is 6. The average molecular weight is 993 g/mol. The summed E-state index contributed by atoms with van der Waals surface area (Å²) in [6.07, 6.45) is 3.76. The predicted molar refractivity (Wildman–Crippen MR) is 255 cm³/mol. The zero-order valence-corrected chi connectivity index (χ0v) is 39.5. The number of imidazole rings is 1. The van der Waals surface area contributed by atoms with Crippen LogP contribution in [0.25, 0.3) is 83.3 Å². The van der Waals surface area contributed by atoms with E-state index in [1.165, 1.54) is 11.1 Å². The predicted octanol–water partition coefficient (Wildman–Crippen LogP) is 14.5. The van der Waals surface area contributed by atoms with Gasteiger partial charge in [-0.05, 0) is 91.7 Å². The quantitative estimate of drug-likeness (QED) is 0.175. The summed E-state index contributed by atoms with van der Waals surface area (Å²) in [5.41, 5.74) is 14.4. The van der Waals surface area contributed by atoms with E-state index in [0.29, 0.717) is 11.4 Å². The van der Waals surface area contributed by atoms with Crippen LogP contribution in [0.4, 0.5) is 0 Å². The summed E-state index contributed by atoms with van der Waals surface area (Å²) in [7, 11) is 0. The Morgan fingerprint density at radius 1 is 0.548 bits per heavy atom. The maximum Gasteiger partial charge on any atom is 0.148 e. The minimum Gasteiger partial charge on any atom is -0.507 e. The van der Waals surface area contributed by atoms with Gasteiger partial charge in [0.2, 0.25) is 0 Å². The van der Waals surface area contributed by atoms with Crippen molar-refractivity contribution in [1.82, 2.24) is 19.5 Å². The van der Waals surface area contributed by atoms with Crippen LogP contribution < -0.4 is 0 Å². The molecule has 3 aromatic heterocycles. The molecule has 0 bridgehead atoms. The van der Waals surface area contributed by atoms with Crippen LogP contribution in [0.3, 0.4) is 0 Å². The van der Waals surface area contributed by atoms with E-state index >= 15 is 0 Å². The van der Waals surface area contributed by atoms with Crippen molar-refractivity contribution in [2.45, 2.75) is 85.5 Å². The van der Waals surface area contributed by atoms with Crippen molar-refractivity contribution < 1.29 is 26.2 Å². The van der Waals surface area contributed by atoms with Gasteiger partial charge in [-0.15, -0.1) is 34.9 Å². The van der Waals surface area contributed by atoms with Gasteiger partial charge in [0.15, 0.2) is 0 Å². The maximum absolute atomic E-state index is 11.7. The normalized spacial score (nSPS) is 12.3. The Kier molecular flexibility index (Phi) is 10.9. The first-order valence-electron chi connectivity index (χ1n) is 21.2. The second-order valence-electron chi connectivity index (χ2n) is 19.7. The van der Waals surface area contributed by atoms with E-state index in [0.717, 1.165) is 83.0 Å². The number of pyridine rings is 2. The summed E-state index contributed by atoms with van der Waals surface area (Å²) in [6, 6.07) is 46.6. The molecule has 0 spiro atoms. The minimum absolute atomic E-state index is 0. The standard InChI is InChI=1S/C56H53N4O.Pt/c1-34-26-37(28-38(27-34)46-33-42(56(8,9)10)29-36-15-13-24-57-50(36)46)45-30-39(51-44-16-12-11-14-35(44)23-25-58-51)31-48-52(45)59-53(47-32-41(55(5,6)7)19-22-49(47)61)60(48)43-20-17-40(18-21-43)54(2,3)4;/h11-27,29-33,61H,1-10H3;/q-1;. The number of fused-ring (bicyclic) bond motifs is 3. The molecule has 0 aliphatic rings. The molecule has 314 valence electrons. The summed E-state index contributed by atoms with van der Waals surface area (Å²) in [5.74, 6) is 0.836. The molecule has 9 aromatic rings. The van der Waals surface area contributed by atoms with Gasteiger partial charge in [-0.2, -0.15) is 0 Å². The van der Waals surface area contributed by atoms with Crippen molar-refractivity contribution in [3.05, 3.63) is 162 Å². The molecule has 3 heterocycles. The van der Waals surface area contributed by atoms with Crippen molar-refractivity contribution in [2.24, 2.45) is 0 Å². The van der Waals surface area contributed by atoms with Gasteiger partial charge >= 0.3 is 0 Å². The van der Waals surface area contributed by atoms with Crippen molar-refractivity contribution in [2.75, 3.05) is 0 Å². The zero-order chi connectivity index (χ0) is 43.0. The van der Waals surface area contributed by atoms with Gasteiger partial charge in [0.25, 0.3) is 0 Å². The summed E-state index contributed by atoms with van der Waals surface area (Å²) in [6.45, 7) is 22.2. The fourth-order valence-corrected chi connectivity index (χ4v) is 8.44. The first-order valence-corrected chi connectivity index (χ1v) is 21.2. The first-order chi connectivity index (χ1) is 28.9. The molecule has 1 N–H and O–H groups in total. The molecule has 9 rings (SSSR count). The van der Waals surface area contributed by atoms with Gasteiger partial charge in [0.05, 0.1) is 22.3 Å². The summed E-state index contributed by atoms with van der Waals surface area (Å²) in [4.78, 5) is 15.5. The van der Waals surface area contributed by atoms with Crippen LogP contribution in [-0.2, 0) is 37.3 Å². The molecule has 6 heteroatoms. The molecule has 6 aromatic carbocycles. The third kappa shape index (κ3) is 7.88. The van der Waals surface area contributed by atoms with E-state index < -0.39 is 0 Å². The number of nitrogens with zero attached hydrogens (tertiary/aromatic N) is 4. The molecule has 0 atom stereocenters. The third-order valence-corrected chi connectivity index (χ3v) is 12.0. The Labute approximate surface area is 380 Å². The summed E-state index contributed by atoms with van der Waals surface area (Å²) in [5, 5.41) is 15.0. The number of hydrogen-bond donors (Lipinski definition) is 1. The van der Waals surface area contributed by atoms with Crippen LogP contribution in [0.5, 0.6) is 5.75 Å². The molecular formula is C56H53N4OPt-. The van der Waals surface area contributed by atoms with E-state index in [-0.39, 0.29) is 43.1 Å². The molecular weight excluding hydrogens is 940 g/mol. The second kappa shape index (κ2) is 15.8. The third-order valence-electron chi connectivity index (χ3n) is 12.0.